The van der Waals surface area contributed by atoms with Crippen LogP contribution in [0.25, 0.3) is 6.08 Å². The lowest BCUT2D eigenvalue weighted by molar-refractivity contribution is 0.522. The summed E-state index contributed by atoms with van der Waals surface area (Å²) < 4.78 is 0. The van der Waals surface area contributed by atoms with Gasteiger partial charge in [0.2, 0.25) is 6.08 Å². The minimum absolute atomic E-state index is 0.535. The molecule has 0 radical (unpaired) electrons. The van der Waals surface area contributed by atoms with Gasteiger partial charge < -0.3 is 0 Å². The minimum Gasteiger partial charge on any atom is -0.211 e. The Morgan fingerprint density at radius 1 is 1.43 bits per heavy atom. The van der Waals surface area contributed by atoms with E-state index in [4.69, 9.17) is 0 Å². The smallest absolute Gasteiger partial charge is 0.211 e. The van der Waals surface area contributed by atoms with E-state index in [1.54, 1.807) is 12.2 Å². The van der Waals surface area contributed by atoms with Crippen molar-refractivity contribution in [2.45, 2.75) is 19.4 Å². The Balaban J connectivity index is 3.30. The molecule has 72 valence electrons. The standard InChI is InChI=1S/C12H13NO/c1-4-10-7-5-6-8-11(10)12(2,3)13-9-14/h4-8H,1H2,2-3H3. The van der Waals surface area contributed by atoms with Crippen molar-refractivity contribution >= 4 is 12.2 Å². The van der Waals surface area contributed by atoms with Gasteiger partial charge in [-0.2, -0.15) is 4.99 Å². The second-order valence-electron chi connectivity index (χ2n) is 3.55. The molecule has 0 saturated heterocycles. The Morgan fingerprint density at radius 3 is 2.64 bits per heavy atom. The maximum Gasteiger partial charge on any atom is 0.235 e. The van der Waals surface area contributed by atoms with Crippen molar-refractivity contribution in [1.82, 2.24) is 0 Å². The second-order valence-corrected chi connectivity index (χ2v) is 3.55. The Morgan fingerprint density at radius 2 is 2.07 bits per heavy atom. The zero-order valence-electron chi connectivity index (χ0n) is 8.45. The molecule has 0 unspecified atom stereocenters. The van der Waals surface area contributed by atoms with Crippen molar-refractivity contribution in [3.63, 3.8) is 0 Å². The monoisotopic (exact) mass is 187 g/mol. The van der Waals surface area contributed by atoms with Gasteiger partial charge in [-0.3, -0.25) is 0 Å². The number of carbonyl (C=O) groups excluding carboxylic acids is 1. The normalized spacial score (nSPS) is 10.4. The fraction of sp³-hybridized carbons (Fsp3) is 0.250. The Kier molecular flexibility index (Phi) is 3.00. The lowest BCUT2D eigenvalue weighted by atomic mass is 9.91. The van der Waals surface area contributed by atoms with E-state index in [9.17, 15) is 4.79 Å². The van der Waals surface area contributed by atoms with Gasteiger partial charge in [-0.05, 0) is 25.0 Å². The van der Waals surface area contributed by atoms with Crippen molar-refractivity contribution in [3.05, 3.63) is 42.0 Å². The van der Waals surface area contributed by atoms with Crippen LogP contribution in [0.4, 0.5) is 0 Å². The molecule has 0 fully saturated rings. The number of nitrogens with zero attached hydrogens (tertiary/aromatic N) is 1. The molecule has 2 heteroatoms. The molecule has 0 atom stereocenters. The summed E-state index contributed by atoms with van der Waals surface area (Å²) in [7, 11) is 0. The summed E-state index contributed by atoms with van der Waals surface area (Å²) in [6.07, 6.45) is 3.36. The topological polar surface area (TPSA) is 29.4 Å². The maximum absolute atomic E-state index is 10.3. The second kappa shape index (κ2) is 4.03. The largest absolute Gasteiger partial charge is 0.235 e. The molecule has 0 spiro atoms. The van der Waals surface area contributed by atoms with Crippen LogP contribution in [0.3, 0.4) is 0 Å². The molecule has 0 amide bonds. The van der Waals surface area contributed by atoms with E-state index in [1.807, 2.05) is 38.1 Å². The molecule has 0 saturated carbocycles. The molecule has 14 heavy (non-hydrogen) atoms. The zero-order chi connectivity index (χ0) is 10.6. The van der Waals surface area contributed by atoms with E-state index < -0.39 is 5.54 Å². The number of rotatable bonds is 3. The highest BCUT2D eigenvalue weighted by atomic mass is 16.1. The van der Waals surface area contributed by atoms with Gasteiger partial charge >= 0.3 is 0 Å². The molecule has 0 aromatic heterocycles. The summed E-state index contributed by atoms with van der Waals surface area (Å²) in [5.41, 5.74) is 1.45. The third kappa shape index (κ3) is 1.98. The number of hydrogen-bond acceptors (Lipinski definition) is 2. The van der Waals surface area contributed by atoms with Crippen molar-refractivity contribution in [2.24, 2.45) is 4.99 Å². The minimum atomic E-state index is -0.535. The molecular formula is C12H13NO. The highest BCUT2D eigenvalue weighted by molar-refractivity contribution is 5.54. The van der Waals surface area contributed by atoms with E-state index in [0.717, 1.165) is 11.1 Å². The molecule has 0 aliphatic carbocycles. The van der Waals surface area contributed by atoms with Crippen LogP contribution in [0.1, 0.15) is 25.0 Å². The van der Waals surface area contributed by atoms with E-state index in [1.165, 1.54) is 0 Å². The van der Waals surface area contributed by atoms with Gasteiger partial charge in [0.1, 0.15) is 0 Å². The lowest BCUT2D eigenvalue weighted by Crippen LogP contribution is -2.14. The van der Waals surface area contributed by atoms with E-state index in [2.05, 4.69) is 11.6 Å². The SMILES string of the molecule is C=Cc1ccccc1C(C)(C)N=C=O. The first-order valence-electron chi connectivity index (χ1n) is 4.43. The van der Waals surface area contributed by atoms with Crippen LogP contribution in [0.5, 0.6) is 0 Å². The molecule has 0 N–H and O–H groups in total. The Bertz CT molecular complexity index is 387. The van der Waals surface area contributed by atoms with E-state index in [-0.39, 0.29) is 0 Å². The third-order valence-electron chi connectivity index (χ3n) is 2.16. The number of isocyanates is 1. The van der Waals surface area contributed by atoms with Crippen molar-refractivity contribution in [1.29, 1.82) is 0 Å². The summed E-state index contributed by atoms with van der Waals surface area (Å²) in [5, 5.41) is 0. The molecule has 0 heterocycles. The summed E-state index contributed by atoms with van der Waals surface area (Å²) in [6, 6.07) is 7.74. The van der Waals surface area contributed by atoms with Crippen LogP contribution < -0.4 is 0 Å². The average Bonchev–Trinajstić information content (AvgIpc) is 2.18. The molecule has 1 aromatic rings. The first-order valence-corrected chi connectivity index (χ1v) is 4.43. The van der Waals surface area contributed by atoms with Crippen LogP contribution in [-0.2, 0) is 10.3 Å². The quantitative estimate of drug-likeness (QED) is 0.528. The van der Waals surface area contributed by atoms with Gasteiger partial charge in [0, 0.05) is 0 Å². The van der Waals surface area contributed by atoms with Crippen LogP contribution in [0, 0.1) is 0 Å². The van der Waals surface area contributed by atoms with Gasteiger partial charge in [0.15, 0.2) is 0 Å². The summed E-state index contributed by atoms with van der Waals surface area (Å²) in [6.45, 7) is 7.48. The molecule has 2 nitrogen and oxygen atoms in total. The summed E-state index contributed by atoms with van der Waals surface area (Å²) in [5.74, 6) is 0. The van der Waals surface area contributed by atoms with Gasteiger partial charge in [-0.25, -0.2) is 4.79 Å². The maximum atomic E-state index is 10.3. The van der Waals surface area contributed by atoms with Crippen LogP contribution in [0.15, 0.2) is 35.8 Å². The van der Waals surface area contributed by atoms with Crippen molar-refractivity contribution in [2.75, 3.05) is 0 Å². The first-order chi connectivity index (χ1) is 6.61. The fourth-order valence-corrected chi connectivity index (χ4v) is 1.41. The van der Waals surface area contributed by atoms with E-state index in [0.29, 0.717) is 0 Å². The fourth-order valence-electron chi connectivity index (χ4n) is 1.41. The number of hydrogen-bond donors (Lipinski definition) is 0. The van der Waals surface area contributed by atoms with Gasteiger partial charge in [0.25, 0.3) is 0 Å². The number of benzene rings is 1. The third-order valence-corrected chi connectivity index (χ3v) is 2.16. The molecule has 0 bridgehead atoms. The molecule has 0 aliphatic rings. The number of aliphatic imine (C=N–C) groups is 1. The highest BCUT2D eigenvalue weighted by Crippen LogP contribution is 2.27. The van der Waals surface area contributed by atoms with Crippen LogP contribution >= 0.6 is 0 Å². The summed E-state index contributed by atoms with van der Waals surface area (Å²) >= 11 is 0. The Labute approximate surface area is 84.0 Å². The van der Waals surface area contributed by atoms with Crippen LogP contribution in [-0.4, -0.2) is 6.08 Å². The van der Waals surface area contributed by atoms with Crippen molar-refractivity contribution < 1.29 is 4.79 Å². The Hall–Kier alpha value is -1.66. The summed E-state index contributed by atoms with van der Waals surface area (Å²) in [4.78, 5) is 14.1. The lowest BCUT2D eigenvalue weighted by Gasteiger charge is -2.20. The molecule has 1 aromatic carbocycles. The molecule has 1 rings (SSSR count). The average molecular weight is 187 g/mol. The first kappa shape index (κ1) is 10.4. The molecule has 0 aliphatic heterocycles. The zero-order valence-corrected chi connectivity index (χ0v) is 8.45. The van der Waals surface area contributed by atoms with Gasteiger partial charge in [0.05, 0.1) is 5.54 Å². The van der Waals surface area contributed by atoms with Crippen LogP contribution in [0.2, 0.25) is 0 Å². The predicted octanol–water partition coefficient (Wildman–Crippen LogP) is 2.90. The predicted molar refractivity (Wildman–Crippen MR) is 57.7 cm³/mol. The van der Waals surface area contributed by atoms with E-state index >= 15 is 0 Å². The van der Waals surface area contributed by atoms with Gasteiger partial charge in [-0.1, -0.05) is 36.9 Å². The van der Waals surface area contributed by atoms with Gasteiger partial charge in [-0.15, -0.1) is 0 Å². The molecular weight excluding hydrogens is 174 g/mol. The van der Waals surface area contributed by atoms with Crippen molar-refractivity contribution in [3.8, 4) is 0 Å². The highest BCUT2D eigenvalue weighted by Gasteiger charge is 2.21.